The molecule has 0 radical (unpaired) electrons. The Morgan fingerprint density at radius 2 is 0.719 bits per heavy atom. The minimum Gasteiger partial charge on any atom is -0.462 e. The van der Waals surface area contributed by atoms with Crippen LogP contribution in [0.3, 0.4) is 0 Å². The van der Waals surface area contributed by atoms with Crippen LogP contribution < -0.4 is 0 Å². The summed E-state index contributed by atoms with van der Waals surface area (Å²) in [5, 5.41) is 0. The van der Waals surface area contributed by atoms with Gasteiger partial charge in [0, 0.05) is 12.8 Å². The lowest BCUT2D eigenvalue weighted by Gasteiger charge is -2.18. The van der Waals surface area contributed by atoms with Crippen molar-refractivity contribution in [2.24, 2.45) is 0 Å². The molecule has 0 spiro atoms. The van der Waals surface area contributed by atoms with Crippen LogP contribution in [0.15, 0.2) is 146 Å². The van der Waals surface area contributed by atoms with Crippen LogP contribution in [-0.4, -0.2) is 37.9 Å². The second-order valence-corrected chi connectivity index (χ2v) is 15.9. The van der Waals surface area contributed by atoms with Gasteiger partial charge in [-0.3, -0.25) is 9.59 Å². The molecule has 0 N–H and O–H groups in total. The zero-order valence-corrected chi connectivity index (χ0v) is 41.0. The Labute approximate surface area is 393 Å². The fourth-order valence-corrected chi connectivity index (χ4v) is 6.17. The first-order valence-electron chi connectivity index (χ1n) is 25.4. The lowest BCUT2D eigenvalue weighted by Crippen LogP contribution is -2.30. The van der Waals surface area contributed by atoms with E-state index in [0.717, 1.165) is 116 Å². The van der Waals surface area contributed by atoms with E-state index >= 15 is 0 Å². The summed E-state index contributed by atoms with van der Waals surface area (Å²) in [5.41, 5.74) is 0. The van der Waals surface area contributed by atoms with Crippen molar-refractivity contribution in [3.8, 4) is 0 Å². The number of carbonyl (C=O) groups is 2. The van der Waals surface area contributed by atoms with Crippen LogP contribution in [0.2, 0.25) is 0 Å². The minimum absolute atomic E-state index is 0.01000. The fourth-order valence-electron chi connectivity index (χ4n) is 6.17. The van der Waals surface area contributed by atoms with Crippen LogP contribution in [0, 0.1) is 0 Å². The third kappa shape index (κ3) is 50.4. The summed E-state index contributed by atoms with van der Waals surface area (Å²) in [6.07, 6.45) is 77.3. The summed E-state index contributed by atoms with van der Waals surface area (Å²) in [7, 11) is 0. The van der Waals surface area contributed by atoms with Crippen molar-refractivity contribution in [3.63, 3.8) is 0 Å². The van der Waals surface area contributed by atoms with Crippen molar-refractivity contribution >= 4 is 11.9 Å². The first kappa shape index (κ1) is 59.8. The largest absolute Gasteiger partial charge is 0.462 e. The molecule has 0 aromatic heterocycles. The molecule has 5 heteroatoms. The van der Waals surface area contributed by atoms with Gasteiger partial charge in [-0.15, -0.1) is 0 Å². The molecule has 0 fully saturated rings. The van der Waals surface area contributed by atoms with Crippen LogP contribution in [0.5, 0.6) is 0 Å². The van der Waals surface area contributed by atoms with Gasteiger partial charge in [0.1, 0.15) is 6.61 Å². The molecule has 1 atom stereocenters. The summed E-state index contributed by atoms with van der Waals surface area (Å²) in [6.45, 7) is 7.26. The lowest BCUT2D eigenvalue weighted by atomic mass is 10.1. The standard InChI is InChI=1S/C59H92O5/c1-4-7-10-13-16-19-22-25-28-30-32-34-37-40-43-46-49-52-58(60)63-56-57(55-62-54-51-48-45-42-39-36-33-29-26-23-20-17-14-11-8-5-2)64-59(61)53-50-47-44-41-38-35-31-27-24-21-18-15-12-9-6-3/h7-8,10-11,16-21,25-29,31-32,34,36,39-40,43,45,48,57H,4-6,9,12-15,22-24,30,33,35,37-38,41-42,44,46-47,49-56H2,1-3H3/b10-7-,11-8-,19-16-,20-17-,21-18-,28-25-,29-26-,31-27-,34-32-,39-36-,43-40-,48-45-. The second-order valence-electron chi connectivity index (χ2n) is 15.9. The molecule has 0 amide bonds. The van der Waals surface area contributed by atoms with Crippen molar-refractivity contribution in [1.82, 2.24) is 0 Å². The highest BCUT2D eigenvalue weighted by molar-refractivity contribution is 5.70. The van der Waals surface area contributed by atoms with Gasteiger partial charge < -0.3 is 14.2 Å². The quantitative estimate of drug-likeness (QED) is 0.0347. The average Bonchev–Trinajstić information content (AvgIpc) is 3.30. The van der Waals surface area contributed by atoms with Crippen LogP contribution >= 0.6 is 0 Å². The van der Waals surface area contributed by atoms with Crippen LogP contribution in [0.1, 0.15) is 188 Å². The molecule has 0 aliphatic heterocycles. The van der Waals surface area contributed by atoms with Crippen molar-refractivity contribution < 1.29 is 23.8 Å². The van der Waals surface area contributed by atoms with E-state index in [9.17, 15) is 9.59 Å². The SMILES string of the molecule is CC/C=C\C/C=C\C/C=C\C/C=C\C/C=C\CCCC(=O)OCC(COCC/C=C\C/C=C\C/C=C\C/C=C\C/C=C\CC)OC(=O)CCCCCCC/C=C\C/C=C\CCCCC. The predicted molar refractivity (Wildman–Crippen MR) is 278 cm³/mol. The maximum atomic E-state index is 12.8. The Morgan fingerprint density at radius 1 is 0.359 bits per heavy atom. The molecule has 0 aliphatic rings. The Bertz CT molecular complexity index is 1410. The molecule has 0 aromatic rings. The van der Waals surface area contributed by atoms with Gasteiger partial charge >= 0.3 is 11.9 Å². The molecule has 0 saturated carbocycles. The molecule has 0 aromatic carbocycles. The zero-order chi connectivity index (χ0) is 46.3. The summed E-state index contributed by atoms with van der Waals surface area (Å²) < 4.78 is 17.2. The van der Waals surface area contributed by atoms with Gasteiger partial charge in [0.2, 0.25) is 0 Å². The van der Waals surface area contributed by atoms with E-state index in [-0.39, 0.29) is 25.2 Å². The predicted octanol–water partition coefficient (Wildman–Crippen LogP) is 17.3. The van der Waals surface area contributed by atoms with Crippen molar-refractivity contribution in [2.45, 2.75) is 194 Å². The normalized spacial score (nSPS) is 13.5. The molecule has 0 aliphatic carbocycles. The molecular weight excluding hydrogens is 789 g/mol. The molecule has 0 bridgehead atoms. The maximum absolute atomic E-state index is 12.8. The smallest absolute Gasteiger partial charge is 0.306 e. The second kappa shape index (κ2) is 53.1. The average molecular weight is 881 g/mol. The van der Waals surface area contributed by atoms with E-state index in [2.05, 4.69) is 167 Å². The van der Waals surface area contributed by atoms with E-state index in [0.29, 0.717) is 25.9 Å². The third-order valence-corrected chi connectivity index (χ3v) is 9.86. The van der Waals surface area contributed by atoms with E-state index in [1.165, 1.54) is 32.1 Å². The van der Waals surface area contributed by atoms with Gasteiger partial charge in [0.25, 0.3) is 0 Å². The zero-order valence-electron chi connectivity index (χ0n) is 41.0. The van der Waals surface area contributed by atoms with Gasteiger partial charge in [0.15, 0.2) is 6.10 Å². The van der Waals surface area contributed by atoms with Crippen LogP contribution in [0.4, 0.5) is 0 Å². The maximum Gasteiger partial charge on any atom is 0.306 e. The third-order valence-electron chi connectivity index (χ3n) is 9.86. The van der Waals surface area contributed by atoms with Crippen LogP contribution in [-0.2, 0) is 23.8 Å². The summed E-state index contributed by atoms with van der Waals surface area (Å²) in [5.74, 6) is -0.535. The molecule has 5 nitrogen and oxygen atoms in total. The Morgan fingerprint density at radius 3 is 1.17 bits per heavy atom. The number of allylic oxidation sites excluding steroid dienone is 23. The highest BCUT2D eigenvalue weighted by atomic mass is 16.6. The summed E-state index contributed by atoms with van der Waals surface area (Å²) >= 11 is 0. The number of hydrogen-bond donors (Lipinski definition) is 0. The molecule has 358 valence electrons. The number of carbonyl (C=O) groups excluding carboxylic acids is 2. The molecule has 1 unspecified atom stereocenters. The number of hydrogen-bond acceptors (Lipinski definition) is 5. The topological polar surface area (TPSA) is 61.8 Å². The minimum atomic E-state index is -0.617. The lowest BCUT2D eigenvalue weighted by molar-refractivity contribution is -0.162. The van der Waals surface area contributed by atoms with Crippen molar-refractivity contribution in [3.05, 3.63) is 146 Å². The van der Waals surface area contributed by atoms with Gasteiger partial charge in [-0.25, -0.2) is 0 Å². The van der Waals surface area contributed by atoms with Gasteiger partial charge in [-0.2, -0.15) is 0 Å². The van der Waals surface area contributed by atoms with E-state index < -0.39 is 6.10 Å². The number of unbranched alkanes of at least 4 members (excludes halogenated alkanes) is 9. The Kier molecular flexibility index (Phi) is 49.6. The highest BCUT2D eigenvalue weighted by Gasteiger charge is 2.17. The van der Waals surface area contributed by atoms with E-state index in [4.69, 9.17) is 14.2 Å². The number of rotatable bonds is 44. The Hall–Kier alpha value is -4.22. The molecule has 64 heavy (non-hydrogen) atoms. The fraction of sp³-hybridized carbons (Fsp3) is 0.559. The first-order chi connectivity index (χ1) is 31.6. The molecule has 0 rings (SSSR count). The van der Waals surface area contributed by atoms with Gasteiger partial charge in [-0.1, -0.05) is 199 Å². The summed E-state index contributed by atoms with van der Waals surface area (Å²) in [4.78, 5) is 25.4. The van der Waals surface area contributed by atoms with Crippen molar-refractivity contribution in [1.29, 1.82) is 0 Å². The highest BCUT2D eigenvalue weighted by Crippen LogP contribution is 2.11. The van der Waals surface area contributed by atoms with Gasteiger partial charge in [-0.05, 0) is 122 Å². The molecule has 0 heterocycles. The van der Waals surface area contributed by atoms with Crippen molar-refractivity contribution in [2.75, 3.05) is 19.8 Å². The van der Waals surface area contributed by atoms with Gasteiger partial charge in [0.05, 0.1) is 13.2 Å². The number of ether oxygens (including phenoxy) is 3. The summed E-state index contributed by atoms with van der Waals surface area (Å²) in [6, 6.07) is 0. The van der Waals surface area contributed by atoms with E-state index in [1.54, 1.807) is 0 Å². The number of esters is 2. The molecular formula is C59H92O5. The monoisotopic (exact) mass is 881 g/mol. The Balaban J connectivity index is 4.54. The van der Waals surface area contributed by atoms with Crippen LogP contribution in [0.25, 0.3) is 0 Å². The van der Waals surface area contributed by atoms with E-state index in [1.807, 2.05) is 0 Å². The molecule has 0 saturated heterocycles. The first-order valence-corrected chi connectivity index (χ1v) is 25.4.